The largest absolute Gasteiger partial charge is 0.256 e. The lowest BCUT2D eigenvalue weighted by Gasteiger charge is -2.01. The minimum atomic E-state index is 0.848. The number of nitrogens with zero attached hydrogens (tertiary/aromatic N) is 1. The number of pyridine rings is 1. The van der Waals surface area contributed by atoms with Crippen molar-refractivity contribution in [3.8, 4) is 11.3 Å². The number of benzene rings is 1. The summed E-state index contributed by atoms with van der Waals surface area (Å²) in [6.07, 6.45) is 1.89. The molecule has 3 heteroatoms. The van der Waals surface area contributed by atoms with Crippen molar-refractivity contribution in [2.45, 2.75) is 5.33 Å². The van der Waals surface area contributed by atoms with Crippen LogP contribution in [0.5, 0.6) is 0 Å². The van der Waals surface area contributed by atoms with Gasteiger partial charge in [0.2, 0.25) is 0 Å². The number of aromatic nitrogens is 1. The summed E-state index contributed by atoms with van der Waals surface area (Å²) < 4.78 is 1.09. The SMILES string of the molecule is BrCc1ccc(-c2ccc(Br)cc2)nc1. The van der Waals surface area contributed by atoms with Gasteiger partial charge in [0, 0.05) is 21.6 Å². The zero-order valence-corrected chi connectivity index (χ0v) is 11.1. The molecule has 0 aliphatic rings. The standard InChI is InChI=1S/C12H9Br2N/c13-7-9-1-6-12(15-8-9)10-2-4-11(14)5-3-10/h1-6,8H,7H2. The summed E-state index contributed by atoms with van der Waals surface area (Å²) in [6, 6.07) is 12.3. The Bertz CT molecular complexity index is 434. The molecule has 2 aromatic rings. The Hall–Kier alpha value is -0.670. The first-order valence-electron chi connectivity index (χ1n) is 4.56. The molecule has 0 aliphatic heterocycles. The molecule has 0 spiro atoms. The number of halogens is 2. The summed E-state index contributed by atoms with van der Waals surface area (Å²) >= 11 is 6.82. The van der Waals surface area contributed by atoms with Gasteiger partial charge in [-0.25, -0.2) is 0 Å². The molecule has 0 radical (unpaired) electrons. The van der Waals surface area contributed by atoms with Gasteiger partial charge in [0.1, 0.15) is 0 Å². The van der Waals surface area contributed by atoms with Gasteiger partial charge in [-0.05, 0) is 23.8 Å². The van der Waals surface area contributed by atoms with E-state index in [2.05, 4.69) is 55.0 Å². The number of alkyl halides is 1. The summed E-state index contributed by atoms with van der Waals surface area (Å²) in [7, 11) is 0. The van der Waals surface area contributed by atoms with E-state index in [1.165, 1.54) is 5.56 Å². The molecule has 1 aromatic carbocycles. The zero-order valence-electron chi connectivity index (χ0n) is 7.95. The van der Waals surface area contributed by atoms with Crippen LogP contribution in [-0.4, -0.2) is 4.98 Å². The van der Waals surface area contributed by atoms with E-state index in [0.29, 0.717) is 0 Å². The van der Waals surface area contributed by atoms with Crippen LogP contribution in [0.1, 0.15) is 5.56 Å². The van der Waals surface area contributed by atoms with Gasteiger partial charge in [-0.3, -0.25) is 4.98 Å². The predicted octanol–water partition coefficient (Wildman–Crippen LogP) is 4.41. The van der Waals surface area contributed by atoms with E-state index < -0.39 is 0 Å². The molecule has 0 atom stereocenters. The van der Waals surface area contributed by atoms with E-state index in [1.54, 1.807) is 0 Å². The Morgan fingerprint density at radius 1 is 1.00 bits per heavy atom. The normalized spacial score (nSPS) is 10.3. The molecule has 1 heterocycles. The molecule has 15 heavy (non-hydrogen) atoms. The van der Waals surface area contributed by atoms with E-state index in [0.717, 1.165) is 21.1 Å². The molecule has 0 aliphatic carbocycles. The second-order valence-corrected chi connectivity index (χ2v) is 4.67. The van der Waals surface area contributed by atoms with Crippen molar-refractivity contribution in [2.24, 2.45) is 0 Å². The Morgan fingerprint density at radius 3 is 2.27 bits per heavy atom. The molecule has 0 fully saturated rings. The van der Waals surface area contributed by atoms with E-state index >= 15 is 0 Å². The van der Waals surface area contributed by atoms with Crippen LogP contribution in [0.4, 0.5) is 0 Å². The lowest BCUT2D eigenvalue weighted by Crippen LogP contribution is -1.85. The van der Waals surface area contributed by atoms with Crippen molar-refractivity contribution in [1.29, 1.82) is 0 Å². The second-order valence-electron chi connectivity index (χ2n) is 3.19. The van der Waals surface area contributed by atoms with E-state index in [4.69, 9.17) is 0 Å². The Labute approximate surface area is 106 Å². The molecular formula is C12H9Br2N. The third kappa shape index (κ3) is 2.67. The molecular weight excluding hydrogens is 318 g/mol. The minimum Gasteiger partial charge on any atom is -0.256 e. The van der Waals surface area contributed by atoms with Gasteiger partial charge in [-0.1, -0.05) is 50.1 Å². The van der Waals surface area contributed by atoms with Crippen LogP contribution in [0.3, 0.4) is 0 Å². The summed E-state index contributed by atoms with van der Waals surface area (Å²) in [5.74, 6) is 0. The average molecular weight is 327 g/mol. The van der Waals surface area contributed by atoms with Crippen LogP contribution in [0.15, 0.2) is 47.1 Å². The third-order valence-electron chi connectivity index (χ3n) is 2.12. The number of rotatable bonds is 2. The maximum atomic E-state index is 4.40. The molecule has 76 valence electrons. The highest BCUT2D eigenvalue weighted by molar-refractivity contribution is 9.10. The van der Waals surface area contributed by atoms with Gasteiger partial charge in [0.05, 0.1) is 5.69 Å². The van der Waals surface area contributed by atoms with Crippen LogP contribution in [0, 0.1) is 0 Å². The molecule has 1 nitrogen and oxygen atoms in total. The van der Waals surface area contributed by atoms with E-state index in [9.17, 15) is 0 Å². The highest BCUT2D eigenvalue weighted by Crippen LogP contribution is 2.20. The fourth-order valence-electron chi connectivity index (χ4n) is 1.29. The van der Waals surface area contributed by atoms with Crippen LogP contribution in [-0.2, 0) is 5.33 Å². The maximum Gasteiger partial charge on any atom is 0.0702 e. The number of hydrogen-bond donors (Lipinski definition) is 0. The fourth-order valence-corrected chi connectivity index (χ4v) is 1.89. The molecule has 2 rings (SSSR count). The van der Waals surface area contributed by atoms with Gasteiger partial charge >= 0.3 is 0 Å². The van der Waals surface area contributed by atoms with Crippen molar-refractivity contribution < 1.29 is 0 Å². The Balaban J connectivity index is 2.33. The first-order valence-corrected chi connectivity index (χ1v) is 6.48. The van der Waals surface area contributed by atoms with Gasteiger partial charge in [-0.15, -0.1) is 0 Å². The summed E-state index contributed by atoms with van der Waals surface area (Å²) in [4.78, 5) is 4.40. The van der Waals surface area contributed by atoms with Crippen molar-refractivity contribution in [3.05, 3.63) is 52.6 Å². The molecule has 0 saturated carbocycles. The van der Waals surface area contributed by atoms with Crippen LogP contribution in [0.2, 0.25) is 0 Å². The summed E-state index contributed by atoms with van der Waals surface area (Å²) in [5.41, 5.74) is 3.34. The van der Waals surface area contributed by atoms with Gasteiger partial charge in [-0.2, -0.15) is 0 Å². The topological polar surface area (TPSA) is 12.9 Å². The number of hydrogen-bond acceptors (Lipinski definition) is 1. The van der Waals surface area contributed by atoms with E-state index in [-0.39, 0.29) is 0 Å². The molecule has 1 aromatic heterocycles. The quantitative estimate of drug-likeness (QED) is 0.745. The zero-order chi connectivity index (χ0) is 10.7. The van der Waals surface area contributed by atoms with E-state index in [1.807, 2.05) is 24.4 Å². The lowest BCUT2D eigenvalue weighted by molar-refractivity contribution is 1.26. The molecule has 0 saturated heterocycles. The van der Waals surface area contributed by atoms with Crippen LogP contribution < -0.4 is 0 Å². The molecule has 0 unspecified atom stereocenters. The summed E-state index contributed by atoms with van der Waals surface area (Å²) in [5, 5.41) is 0.848. The molecule has 0 N–H and O–H groups in total. The average Bonchev–Trinajstić information content (AvgIpc) is 2.30. The monoisotopic (exact) mass is 325 g/mol. The molecule has 0 amide bonds. The first-order chi connectivity index (χ1) is 7.29. The lowest BCUT2D eigenvalue weighted by atomic mass is 10.1. The van der Waals surface area contributed by atoms with Crippen molar-refractivity contribution >= 4 is 31.9 Å². The maximum absolute atomic E-state index is 4.40. The highest BCUT2D eigenvalue weighted by atomic mass is 79.9. The smallest absolute Gasteiger partial charge is 0.0702 e. The van der Waals surface area contributed by atoms with Crippen LogP contribution >= 0.6 is 31.9 Å². The van der Waals surface area contributed by atoms with Crippen molar-refractivity contribution in [1.82, 2.24) is 4.98 Å². The van der Waals surface area contributed by atoms with Gasteiger partial charge < -0.3 is 0 Å². The summed E-state index contributed by atoms with van der Waals surface area (Å²) in [6.45, 7) is 0. The predicted molar refractivity (Wildman–Crippen MR) is 70.0 cm³/mol. The first kappa shape index (κ1) is 10.8. The third-order valence-corrected chi connectivity index (χ3v) is 3.30. The van der Waals surface area contributed by atoms with Crippen molar-refractivity contribution in [2.75, 3.05) is 0 Å². The highest BCUT2D eigenvalue weighted by Gasteiger charge is 1.98. The van der Waals surface area contributed by atoms with Gasteiger partial charge in [0.25, 0.3) is 0 Å². The Morgan fingerprint density at radius 2 is 1.73 bits per heavy atom. The van der Waals surface area contributed by atoms with Gasteiger partial charge in [0.15, 0.2) is 0 Å². The molecule has 0 bridgehead atoms. The van der Waals surface area contributed by atoms with Crippen LogP contribution in [0.25, 0.3) is 11.3 Å². The van der Waals surface area contributed by atoms with Crippen molar-refractivity contribution in [3.63, 3.8) is 0 Å². The fraction of sp³-hybridized carbons (Fsp3) is 0.0833. The Kier molecular flexibility index (Phi) is 3.54. The minimum absolute atomic E-state index is 0.848. The second kappa shape index (κ2) is 4.90.